The smallest absolute Gasteiger partial charge is 0.234 e. The molecule has 24 heavy (non-hydrogen) atoms. The molecule has 2 heterocycles. The Morgan fingerprint density at radius 2 is 1.83 bits per heavy atom. The van der Waals surface area contributed by atoms with Gasteiger partial charge in [0.05, 0.1) is 12.2 Å². The molecule has 1 aliphatic rings. The molecule has 0 unspecified atom stereocenters. The molecule has 2 aromatic rings. The Bertz CT molecular complexity index is 637. The molecule has 0 bridgehead atoms. The minimum absolute atomic E-state index is 0.00993. The second-order valence-corrected chi connectivity index (χ2v) is 5.95. The Morgan fingerprint density at radius 3 is 2.50 bits per heavy atom. The van der Waals surface area contributed by atoms with E-state index in [1.807, 2.05) is 6.07 Å². The van der Waals surface area contributed by atoms with E-state index in [9.17, 15) is 9.18 Å². The predicted molar refractivity (Wildman–Crippen MR) is 86.5 cm³/mol. The third kappa shape index (κ3) is 4.87. The van der Waals surface area contributed by atoms with Crippen molar-refractivity contribution in [1.29, 1.82) is 0 Å². The fraction of sp³-hybridized carbons (Fsp3) is 0.412. The number of nitrogens with one attached hydrogen (secondary N) is 1. The zero-order chi connectivity index (χ0) is 16.8. The summed E-state index contributed by atoms with van der Waals surface area (Å²) in [5.74, 6) is -0.280. The summed E-state index contributed by atoms with van der Waals surface area (Å²) < 4.78 is 17.7. The normalized spacial score (nSPS) is 16.2. The van der Waals surface area contributed by atoms with Crippen LogP contribution in [0.4, 0.5) is 4.39 Å². The second kappa shape index (κ2) is 8.03. The Hall–Kier alpha value is -2.25. The number of hydrogen-bond acceptors (Lipinski definition) is 5. The second-order valence-electron chi connectivity index (χ2n) is 5.95. The highest BCUT2D eigenvalue weighted by molar-refractivity contribution is 5.78. The van der Waals surface area contributed by atoms with Gasteiger partial charge in [0.25, 0.3) is 0 Å². The molecule has 0 saturated carbocycles. The third-order valence-electron chi connectivity index (χ3n) is 4.11. The number of rotatable bonds is 6. The van der Waals surface area contributed by atoms with Crippen molar-refractivity contribution < 1.29 is 13.7 Å². The number of nitrogens with zero attached hydrogens (tertiary/aromatic N) is 3. The number of piperazine rings is 1. The fourth-order valence-corrected chi connectivity index (χ4v) is 2.72. The van der Waals surface area contributed by atoms with Crippen molar-refractivity contribution in [1.82, 2.24) is 20.3 Å². The van der Waals surface area contributed by atoms with Gasteiger partial charge in [-0.25, -0.2) is 4.39 Å². The van der Waals surface area contributed by atoms with E-state index in [2.05, 4.69) is 20.3 Å². The first-order valence-electron chi connectivity index (χ1n) is 8.04. The molecule has 1 N–H and O–H groups in total. The van der Waals surface area contributed by atoms with Crippen molar-refractivity contribution in [2.45, 2.75) is 13.1 Å². The van der Waals surface area contributed by atoms with Crippen LogP contribution in [0.5, 0.6) is 0 Å². The number of hydrogen-bond donors (Lipinski definition) is 1. The molecule has 1 saturated heterocycles. The lowest BCUT2D eigenvalue weighted by molar-refractivity contribution is -0.122. The summed E-state index contributed by atoms with van der Waals surface area (Å²) in [5.41, 5.74) is 1.82. The van der Waals surface area contributed by atoms with Crippen LogP contribution in [0.15, 0.2) is 41.1 Å². The number of carbonyl (C=O) groups excluding carboxylic acids is 1. The maximum Gasteiger partial charge on any atom is 0.234 e. The van der Waals surface area contributed by atoms with Crippen molar-refractivity contribution in [2.75, 3.05) is 32.7 Å². The van der Waals surface area contributed by atoms with Gasteiger partial charge in [0.2, 0.25) is 5.91 Å². The van der Waals surface area contributed by atoms with Gasteiger partial charge < -0.3 is 9.84 Å². The monoisotopic (exact) mass is 332 g/mol. The Labute approximate surface area is 140 Å². The minimum Gasteiger partial charge on any atom is -0.364 e. The van der Waals surface area contributed by atoms with E-state index >= 15 is 0 Å². The van der Waals surface area contributed by atoms with Crippen LogP contribution in [0.2, 0.25) is 0 Å². The van der Waals surface area contributed by atoms with Gasteiger partial charge in [-0.3, -0.25) is 14.6 Å². The van der Waals surface area contributed by atoms with Crippen LogP contribution < -0.4 is 5.32 Å². The van der Waals surface area contributed by atoms with Gasteiger partial charge in [0.1, 0.15) is 12.1 Å². The average Bonchev–Trinajstić information content (AvgIpc) is 3.09. The van der Waals surface area contributed by atoms with Crippen molar-refractivity contribution in [3.8, 4) is 0 Å². The Morgan fingerprint density at radius 1 is 1.12 bits per heavy atom. The molecule has 1 fully saturated rings. The molecule has 1 aromatic heterocycles. The van der Waals surface area contributed by atoms with Crippen molar-refractivity contribution in [3.63, 3.8) is 0 Å². The van der Waals surface area contributed by atoms with Gasteiger partial charge in [-0.15, -0.1) is 0 Å². The fourth-order valence-electron chi connectivity index (χ4n) is 2.72. The standard InChI is InChI=1S/C17H21FN4O2/c18-15-3-1-14(2-4-15)11-19-17(23)13-22-8-6-21(7-9-22)12-16-5-10-24-20-16/h1-5,10H,6-9,11-13H2,(H,19,23). The van der Waals surface area contributed by atoms with Gasteiger partial charge in [0, 0.05) is 45.3 Å². The first-order valence-corrected chi connectivity index (χ1v) is 8.04. The number of halogens is 1. The molecule has 0 atom stereocenters. The van der Waals surface area contributed by atoms with Gasteiger partial charge in [-0.2, -0.15) is 0 Å². The van der Waals surface area contributed by atoms with Crippen molar-refractivity contribution in [3.05, 3.63) is 53.7 Å². The van der Waals surface area contributed by atoms with Gasteiger partial charge >= 0.3 is 0 Å². The largest absolute Gasteiger partial charge is 0.364 e. The highest BCUT2D eigenvalue weighted by Gasteiger charge is 2.19. The third-order valence-corrected chi connectivity index (χ3v) is 4.11. The van der Waals surface area contributed by atoms with Crippen LogP contribution in [0, 0.1) is 5.82 Å². The molecule has 1 amide bonds. The average molecular weight is 332 g/mol. The molecule has 7 heteroatoms. The quantitative estimate of drug-likeness (QED) is 0.863. The highest BCUT2D eigenvalue weighted by atomic mass is 19.1. The van der Waals surface area contributed by atoms with Crippen molar-refractivity contribution >= 4 is 5.91 Å². The summed E-state index contributed by atoms with van der Waals surface area (Å²) in [6, 6.07) is 8.02. The van der Waals surface area contributed by atoms with E-state index in [0.717, 1.165) is 44.0 Å². The minimum atomic E-state index is -0.270. The molecular weight excluding hydrogens is 311 g/mol. The van der Waals surface area contributed by atoms with Crippen LogP contribution in [-0.4, -0.2) is 53.6 Å². The molecular formula is C17H21FN4O2. The number of carbonyl (C=O) groups is 1. The van der Waals surface area contributed by atoms with Gasteiger partial charge in [-0.05, 0) is 17.7 Å². The number of amides is 1. The topological polar surface area (TPSA) is 61.6 Å². The van der Waals surface area contributed by atoms with Crippen LogP contribution in [-0.2, 0) is 17.9 Å². The molecule has 128 valence electrons. The molecule has 1 aliphatic heterocycles. The van der Waals surface area contributed by atoms with E-state index in [1.165, 1.54) is 12.1 Å². The molecule has 6 nitrogen and oxygen atoms in total. The maximum atomic E-state index is 12.8. The summed E-state index contributed by atoms with van der Waals surface area (Å²) in [6.07, 6.45) is 1.58. The zero-order valence-corrected chi connectivity index (χ0v) is 13.4. The molecule has 3 rings (SSSR count). The highest BCUT2D eigenvalue weighted by Crippen LogP contribution is 2.07. The summed E-state index contributed by atoms with van der Waals surface area (Å²) in [6.45, 7) is 5.09. The predicted octanol–water partition coefficient (Wildman–Crippen LogP) is 1.25. The Kier molecular flexibility index (Phi) is 5.55. The molecule has 0 spiro atoms. The van der Waals surface area contributed by atoms with E-state index < -0.39 is 0 Å². The summed E-state index contributed by atoms with van der Waals surface area (Å²) in [5, 5.41) is 6.79. The van der Waals surface area contributed by atoms with Crippen LogP contribution >= 0.6 is 0 Å². The first kappa shape index (κ1) is 16.6. The van der Waals surface area contributed by atoms with Gasteiger partial charge in [0.15, 0.2) is 0 Å². The number of benzene rings is 1. The zero-order valence-electron chi connectivity index (χ0n) is 13.4. The summed E-state index contributed by atoms with van der Waals surface area (Å²) in [7, 11) is 0. The van der Waals surface area contributed by atoms with Crippen LogP contribution in [0.3, 0.4) is 0 Å². The summed E-state index contributed by atoms with van der Waals surface area (Å²) in [4.78, 5) is 16.5. The van der Waals surface area contributed by atoms with E-state index in [-0.39, 0.29) is 11.7 Å². The number of aromatic nitrogens is 1. The van der Waals surface area contributed by atoms with E-state index in [1.54, 1.807) is 18.4 Å². The van der Waals surface area contributed by atoms with E-state index in [0.29, 0.717) is 13.1 Å². The van der Waals surface area contributed by atoms with E-state index in [4.69, 9.17) is 4.52 Å². The molecule has 1 aromatic carbocycles. The first-order chi connectivity index (χ1) is 11.7. The Balaban J connectivity index is 1.36. The lowest BCUT2D eigenvalue weighted by Crippen LogP contribution is -2.49. The SMILES string of the molecule is O=C(CN1CCN(Cc2ccon2)CC1)NCc1ccc(F)cc1. The molecule has 0 aliphatic carbocycles. The van der Waals surface area contributed by atoms with Crippen molar-refractivity contribution in [2.24, 2.45) is 0 Å². The van der Waals surface area contributed by atoms with Crippen LogP contribution in [0.1, 0.15) is 11.3 Å². The van der Waals surface area contributed by atoms with Crippen LogP contribution in [0.25, 0.3) is 0 Å². The maximum absolute atomic E-state index is 12.8. The lowest BCUT2D eigenvalue weighted by Gasteiger charge is -2.33. The molecule has 0 radical (unpaired) electrons. The lowest BCUT2D eigenvalue weighted by atomic mass is 10.2. The summed E-state index contributed by atoms with van der Waals surface area (Å²) >= 11 is 0. The van der Waals surface area contributed by atoms with Gasteiger partial charge in [-0.1, -0.05) is 17.3 Å².